The summed E-state index contributed by atoms with van der Waals surface area (Å²) >= 11 is 0. The first-order chi connectivity index (χ1) is 24.1. The maximum Gasteiger partial charge on any atom is 0.407 e. The van der Waals surface area contributed by atoms with Crippen LogP contribution in [0.1, 0.15) is 88.5 Å². The van der Waals surface area contributed by atoms with Crippen LogP contribution in [0.3, 0.4) is 0 Å². The van der Waals surface area contributed by atoms with Crippen molar-refractivity contribution in [1.82, 2.24) is 50.3 Å². The van der Waals surface area contributed by atoms with Crippen molar-refractivity contribution in [3.8, 4) is 11.3 Å². The first-order valence-corrected chi connectivity index (χ1v) is 17.5. The molecule has 0 radical (unpaired) electrons. The topological polar surface area (TPSA) is 174 Å². The minimum Gasteiger partial charge on any atom is -0.453 e. The molecule has 6 rings (SSSR count). The smallest absolute Gasteiger partial charge is 0.407 e. The lowest BCUT2D eigenvalue weighted by molar-refractivity contribution is -0.136. The van der Waals surface area contributed by atoms with Crippen LogP contribution in [0, 0.1) is 11.8 Å². The van der Waals surface area contributed by atoms with Gasteiger partial charge in [0.05, 0.1) is 53.9 Å². The third kappa shape index (κ3) is 7.21. The maximum absolute atomic E-state index is 13.5. The zero-order valence-corrected chi connectivity index (χ0v) is 29.7. The van der Waals surface area contributed by atoms with Crippen molar-refractivity contribution in [3.63, 3.8) is 0 Å². The van der Waals surface area contributed by atoms with Gasteiger partial charge in [-0.1, -0.05) is 33.8 Å². The standard InChI is InChI=1S/C36H48N10O4/c1-20(2)30(37-5)34(47)46-14-8-10-29(46)33-42-25-12-11-22(15-26(25)43-33)27-19-38-23(17-39-27)16-24-18-40-32(41-24)28-9-7-13-45(28)35(48)31(21(3)4)44-36(49)50-6/h11-12,15,17-21,28-31,37H,7-10,13-14,16H2,1-6H3,(H,40,41)(H,42,43)(H,44,49). The minimum absolute atomic E-state index is 0.0761. The molecule has 2 aliphatic heterocycles. The Labute approximate surface area is 292 Å². The summed E-state index contributed by atoms with van der Waals surface area (Å²) in [6, 6.07) is 4.81. The number of benzene rings is 1. The third-order valence-corrected chi connectivity index (χ3v) is 9.86. The van der Waals surface area contributed by atoms with Crippen LogP contribution in [-0.4, -0.2) is 96.9 Å². The lowest BCUT2D eigenvalue weighted by Gasteiger charge is -2.30. The Morgan fingerprint density at radius 2 is 1.56 bits per heavy atom. The summed E-state index contributed by atoms with van der Waals surface area (Å²) in [7, 11) is 3.13. The van der Waals surface area contributed by atoms with Gasteiger partial charge in [0.2, 0.25) is 11.8 Å². The molecule has 3 amide bonds. The van der Waals surface area contributed by atoms with E-state index in [4.69, 9.17) is 19.7 Å². The molecule has 0 bridgehead atoms. The highest BCUT2D eigenvalue weighted by molar-refractivity contribution is 5.86. The van der Waals surface area contributed by atoms with Crippen molar-refractivity contribution < 1.29 is 19.1 Å². The van der Waals surface area contributed by atoms with Gasteiger partial charge in [-0.15, -0.1) is 0 Å². The Hall–Kier alpha value is -4.85. The van der Waals surface area contributed by atoms with Gasteiger partial charge < -0.3 is 35.1 Å². The molecule has 4 aromatic rings. The largest absolute Gasteiger partial charge is 0.453 e. The number of carbonyl (C=O) groups is 3. The van der Waals surface area contributed by atoms with Crippen LogP contribution in [0.5, 0.6) is 0 Å². The van der Waals surface area contributed by atoms with Crippen LogP contribution < -0.4 is 10.6 Å². The molecule has 266 valence electrons. The summed E-state index contributed by atoms with van der Waals surface area (Å²) in [5, 5.41) is 5.87. The number of hydrogen-bond acceptors (Lipinski definition) is 9. The van der Waals surface area contributed by atoms with E-state index in [1.54, 1.807) is 23.5 Å². The molecule has 0 saturated carbocycles. The molecule has 5 heterocycles. The van der Waals surface area contributed by atoms with Gasteiger partial charge in [-0.3, -0.25) is 19.6 Å². The second-order valence-corrected chi connectivity index (χ2v) is 14.0. The Morgan fingerprint density at radius 1 is 0.880 bits per heavy atom. The molecule has 14 nitrogen and oxygen atoms in total. The quantitative estimate of drug-likeness (QED) is 0.180. The number of methoxy groups -OCH3 is 1. The van der Waals surface area contributed by atoms with Gasteiger partial charge in [-0.25, -0.2) is 14.8 Å². The molecule has 14 heteroatoms. The minimum atomic E-state index is -0.684. The van der Waals surface area contributed by atoms with E-state index in [0.717, 1.165) is 77.6 Å². The zero-order chi connectivity index (χ0) is 35.5. The second kappa shape index (κ2) is 15.0. The first-order valence-electron chi connectivity index (χ1n) is 17.5. The molecule has 0 aliphatic carbocycles. The van der Waals surface area contributed by atoms with E-state index >= 15 is 0 Å². The normalized spacial score (nSPS) is 19.0. The number of aromatic amines is 2. The highest BCUT2D eigenvalue weighted by atomic mass is 16.5. The second-order valence-electron chi connectivity index (χ2n) is 14.0. The summed E-state index contributed by atoms with van der Waals surface area (Å²) in [5.74, 6) is 1.60. The van der Waals surface area contributed by atoms with E-state index in [2.05, 4.69) is 39.4 Å². The van der Waals surface area contributed by atoms with Gasteiger partial charge in [0.15, 0.2) is 0 Å². The fraction of sp³-hybridized carbons (Fsp3) is 0.528. The Bertz CT molecular complexity index is 1820. The van der Waals surface area contributed by atoms with Crippen LogP contribution in [0.25, 0.3) is 22.3 Å². The number of rotatable bonds is 11. The Balaban J connectivity index is 1.12. The number of nitrogens with one attached hydrogen (secondary N) is 4. The molecule has 0 spiro atoms. The molecule has 4 unspecified atom stereocenters. The van der Waals surface area contributed by atoms with Gasteiger partial charge in [0, 0.05) is 43.2 Å². The van der Waals surface area contributed by atoms with E-state index in [-0.39, 0.29) is 41.8 Å². The number of carbonyl (C=O) groups excluding carboxylic acids is 3. The number of amides is 3. The van der Waals surface area contributed by atoms with Crippen molar-refractivity contribution in [1.29, 1.82) is 0 Å². The van der Waals surface area contributed by atoms with Crippen LogP contribution in [0.15, 0.2) is 36.8 Å². The number of imidazole rings is 2. The molecule has 2 fully saturated rings. The van der Waals surface area contributed by atoms with Gasteiger partial charge >= 0.3 is 6.09 Å². The van der Waals surface area contributed by atoms with E-state index in [0.29, 0.717) is 13.0 Å². The summed E-state index contributed by atoms with van der Waals surface area (Å²) < 4.78 is 4.74. The van der Waals surface area contributed by atoms with Gasteiger partial charge in [-0.05, 0) is 56.7 Å². The van der Waals surface area contributed by atoms with Crippen molar-refractivity contribution in [2.24, 2.45) is 11.8 Å². The number of fused-ring (bicyclic) bond motifs is 1. The summed E-state index contributed by atoms with van der Waals surface area (Å²) in [6.07, 6.45) is 8.65. The van der Waals surface area contributed by atoms with Gasteiger partial charge in [-0.2, -0.15) is 0 Å². The van der Waals surface area contributed by atoms with Gasteiger partial charge in [0.25, 0.3) is 0 Å². The highest BCUT2D eigenvalue weighted by Crippen LogP contribution is 2.34. The van der Waals surface area contributed by atoms with Crippen molar-refractivity contribution in [3.05, 3.63) is 59.8 Å². The van der Waals surface area contributed by atoms with Crippen molar-refractivity contribution in [2.75, 3.05) is 27.2 Å². The number of aromatic nitrogens is 6. The molecule has 2 aliphatic rings. The Kier molecular flexibility index (Phi) is 10.5. The lowest BCUT2D eigenvalue weighted by atomic mass is 10.0. The predicted octanol–water partition coefficient (Wildman–Crippen LogP) is 4.29. The summed E-state index contributed by atoms with van der Waals surface area (Å²) in [6.45, 7) is 9.24. The number of likely N-dealkylation sites (tertiary alicyclic amines) is 2. The first kappa shape index (κ1) is 35.0. The maximum atomic E-state index is 13.5. The molecule has 4 N–H and O–H groups in total. The van der Waals surface area contributed by atoms with E-state index in [1.165, 1.54) is 7.11 Å². The van der Waals surface area contributed by atoms with Gasteiger partial charge in [0.1, 0.15) is 17.7 Å². The molecule has 2 saturated heterocycles. The molecule has 1 aromatic carbocycles. The SMILES string of the molecule is CNC(C(=O)N1CCCC1c1nc2ccc(-c3cnc(Cc4cnc(C5CCCN5C(=O)C(NC(=O)OC)C(C)C)[nH]4)cn3)cc2[nH]1)C(C)C. The molecule has 50 heavy (non-hydrogen) atoms. The predicted molar refractivity (Wildman–Crippen MR) is 188 cm³/mol. The average molecular weight is 685 g/mol. The van der Waals surface area contributed by atoms with Crippen LogP contribution in [0.4, 0.5) is 4.79 Å². The van der Waals surface area contributed by atoms with E-state index in [9.17, 15) is 14.4 Å². The number of H-pyrrole nitrogens is 2. The summed E-state index contributed by atoms with van der Waals surface area (Å²) in [4.78, 5) is 68.3. The molecular formula is C36H48N10O4. The molecule has 3 aromatic heterocycles. The Morgan fingerprint density at radius 3 is 2.18 bits per heavy atom. The van der Waals surface area contributed by atoms with Crippen LogP contribution >= 0.6 is 0 Å². The lowest BCUT2D eigenvalue weighted by Crippen LogP contribution is -2.51. The average Bonchev–Trinajstić information content (AvgIpc) is 3.93. The fourth-order valence-electron chi connectivity index (χ4n) is 7.20. The number of alkyl carbamates (subject to hydrolysis) is 1. The van der Waals surface area contributed by atoms with E-state index in [1.807, 2.05) is 44.0 Å². The van der Waals surface area contributed by atoms with Crippen LogP contribution in [-0.2, 0) is 20.7 Å². The van der Waals surface area contributed by atoms with Crippen LogP contribution in [0.2, 0.25) is 0 Å². The third-order valence-electron chi connectivity index (χ3n) is 9.86. The monoisotopic (exact) mass is 684 g/mol. The molecule has 4 atom stereocenters. The highest BCUT2D eigenvalue weighted by Gasteiger charge is 2.38. The number of hydrogen-bond donors (Lipinski definition) is 4. The number of likely N-dealkylation sites (N-methyl/N-ethyl adjacent to an activating group) is 1. The van der Waals surface area contributed by atoms with Crippen molar-refractivity contribution >= 4 is 28.9 Å². The zero-order valence-electron chi connectivity index (χ0n) is 29.7. The summed E-state index contributed by atoms with van der Waals surface area (Å²) in [5.41, 5.74) is 5.04. The number of ether oxygens (including phenoxy) is 1. The number of nitrogens with zero attached hydrogens (tertiary/aromatic N) is 6. The van der Waals surface area contributed by atoms with E-state index < -0.39 is 12.1 Å². The molecular weight excluding hydrogens is 636 g/mol. The van der Waals surface area contributed by atoms with Crippen molar-refractivity contribution in [2.45, 2.75) is 84.0 Å². The fourth-order valence-corrected chi connectivity index (χ4v) is 7.20.